The Hall–Kier alpha value is -2.61. The van der Waals surface area contributed by atoms with Crippen LogP contribution in [0.2, 0.25) is 0 Å². The van der Waals surface area contributed by atoms with Gasteiger partial charge in [0.15, 0.2) is 0 Å². The zero-order valence-corrected chi connectivity index (χ0v) is 10.2. The van der Waals surface area contributed by atoms with Crippen LogP contribution >= 0.6 is 0 Å². The van der Waals surface area contributed by atoms with Gasteiger partial charge in [-0.3, -0.25) is 0 Å². The van der Waals surface area contributed by atoms with E-state index in [1.54, 1.807) is 0 Å². The Balaban J connectivity index is 2.28. The molecule has 0 radical (unpaired) electrons. The normalized spacial score (nSPS) is 10.3. The van der Waals surface area contributed by atoms with E-state index in [-0.39, 0.29) is 5.63 Å². The van der Waals surface area contributed by atoms with E-state index in [1.165, 1.54) is 6.26 Å². The van der Waals surface area contributed by atoms with Gasteiger partial charge in [-0.1, -0.05) is 60.7 Å². The van der Waals surface area contributed by atoms with Crippen molar-refractivity contribution in [3.8, 4) is 22.3 Å². The molecule has 3 rings (SSSR count). The Morgan fingerprint density at radius 3 is 1.89 bits per heavy atom. The Kier molecular flexibility index (Phi) is 2.99. The first-order chi connectivity index (χ1) is 9.36. The second-order valence-electron chi connectivity index (χ2n) is 4.23. The van der Waals surface area contributed by atoms with Gasteiger partial charge in [0.1, 0.15) is 0 Å². The van der Waals surface area contributed by atoms with Crippen LogP contribution in [0.25, 0.3) is 22.3 Å². The molecule has 0 amide bonds. The smallest absolute Gasteiger partial charge is 0.344 e. The maximum atomic E-state index is 12.0. The van der Waals surface area contributed by atoms with E-state index >= 15 is 0 Å². The summed E-state index contributed by atoms with van der Waals surface area (Å²) in [6.07, 6.45) is 1.44. The third-order valence-corrected chi connectivity index (χ3v) is 3.03. The van der Waals surface area contributed by atoms with Gasteiger partial charge in [-0.25, -0.2) is 4.79 Å². The number of rotatable bonds is 2. The van der Waals surface area contributed by atoms with Gasteiger partial charge in [-0.15, -0.1) is 0 Å². The van der Waals surface area contributed by atoms with E-state index in [4.69, 9.17) is 4.42 Å². The molecule has 0 aliphatic carbocycles. The van der Waals surface area contributed by atoms with Gasteiger partial charge in [0, 0.05) is 0 Å². The van der Waals surface area contributed by atoms with Gasteiger partial charge in [0.2, 0.25) is 0 Å². The molecule has 2 nitrogen and oxygen atoms in total. The molecule has 2 heteroatoms. The quantitative estimate of drug-likeness (QED) is 0.686. The molecular formula is C17H12O2. The fourth-order valence-corrected chi connectivity index (χ4v) is 2.15. The molecule has 2 aromatic carbocycles. The van der Waals surface area contributed by atoms with Crippen molar-refractivity contribution in [2.24, 2.45) is 0 Å². The summed E-state index contributed by atoms with van der Waals surface area (Å²) in [5.41, 5.74) is 3.06. The molecule has 1 aromatic heterocycles. The van der Waals surface area contributed by atoms with Crippen molar-refractivity contribution in [1.29, 1.82) is 0 Å². The summed E-state index contributed by atoms with van der Waals surface area (Å²) in [6.45, 7) is 0. The summed E-state index contributed by atoms with van der Waals surface area (Å²) in [5, 5.41) is 0. The van der Waals surface area contributed by atoms with Gasteiger partial charge in [0.05, 0.1) is 11.8 Å². The maximum Gasteiger partial charge on any atom is 0.344 e. The largest absolute Gasteiger partial charge is 0.431 e. The van der Waals surface area contributed by atoms with Crippen molar-refractivity contribution in [2.75, 3.05) is 0 Å². The fraction of sp³-hybridized carbons (Fsp3) is 0. The lowest BCUT2D eigenvalue weighted by Gasteiger charge is -2.07. The van der Waals surface area contributed by atoms with Crippen molar-refractivity contribution < 1.29 is 4.42 Å². The summed E-state index contributed by atoms with van der Waals surface area (Å²) in [4.78, 5) is 12.0. The van der Waals surface area contributed by atoms with Crippen LogP contribution in [0.4, 0.5) is 0 Å². The lowest BCUT2D eigenvalue weighted by atomic mass is 9.97. The molecule has 0 saturated heterocycles. The van der Waals surface area contributed by atoms with Crippen molar-refractivity contribution in [1.82, 2.24) is 0 Å². The molecule has 0 fully saturated rings. The van der Waals surface area contributed by atoms with E-state index in [9.17, 15) is 4.79 Å². The Bertz CT molecular complexity index is 728. The fourth-order valence-electron chi connectivity index (χ4n) is 2.15. The molecular weight excluding hydrogens is 236 g/mol. The first kappa shape index (κ1) is 11.5. The van der Waals surface area contributed by atoms with Gasteiger partial charge >= 0.3 is 5.63 Å². The highest BCUT2D eigenvalue weighted by molar-refractivity contribution is 5.82. The first-order valence-electron chi connectivity index (χ1n) is 6.09. The second kappa shape index (κ2) is 4.94. The topological polar surface area (TPSA) is 30.2 Å². The molecule has 0 atom stereocenters. The average Bonchev–Trinajstić information content (AvgIpc) is 2.49. The minimum absolute atomic E-state index is 0.312. The molecule has 0 bridgehead atoms. The summed E-state index contributed by atoms with van der Waals surface area (Å²) in [6, 6.07) is 21.3. The summed E-state index contributed by atoms with van der Waals surface area (Å²) >= 11 is 0. The highest BCUT2D eigenvalue weighted by atomic mass is 16.4. The molecule has 1 heterocycles. The molecule has 0 N–H and O–H groups in total. The monoisotopic (exact) mass is 248 g/mol. The van der Waals surface area contributed by atoms with Crippen LogP contribution in [0.3, 0.4) is 0 Å². The standard InChI is InChI=1S/C17H12O2/c18-17-16(14-9-5-2-6-10-14)15(11-12-19-17)13-7-3-1-4-8-13/h1-12H. The van der Waals surface area contributed by atoms with Crippen molar-refractivity contribution in [3.05, 3.63) is 83.4 Å². The molecule has 0 aliphatic heterocycles. The lowest BCUT2D eigenvalue weighted by molar-refractivity contribution is 0.514. The molecule has 0 unspecified atom stereocenters. The maximum absolute atomic E-state index is 12.0. The van der Waals surface area contributed by atoms with Crippen LogP contribution in [0.15, 0.2) is 82.2 Å². The zero-order chi connectivity index (χ0) is 13.1. The predicted molar refractivity (Wildman–Crippen MR) is 75.9 cm³/mol. The van der Waals surface area contributed by atoms with E-state index in [0.717, 1.165) is 16.7 Å². The molecule has 0 spiro atoms. The van der Waals surface area contributed by atoms with Gasteiger partial charge in [-0.2, -0.15) is 0 Å². The zero-order valence-electron chi connectivity index (χ0n) is 10.2. The van der Waals surface area contributed by atoms with E-state index < -0.39 is 0 Å². The number of benzene rings is 2. The van der Waals surface area contributed by atoms with Crippen LogP contribution in [0.1, 0.15) is 0 Å². The van der Waals surface area contributed by atoms with Crippen LogP contribution in [0, 0.1) is 0 Å². The Labute approximate surface area is 111 Å². The van der Waals surface area contributed by atoms with Crippen LogP contribution in [-0.2, 0) is 0 Å². The molecule has 3 aromatic rings. The van der Waals surface area contributed by atoms with Crippen LogP contribution in [0.5, 0.6) is 0 Å². The lowest BCUT2D eigenvalue weighted by Crippen LogP contribution is -2.04. The van der Waals surface area contributed by atoms with Crippen LogP contribution < -0.4 is 5.63 Å². The second-order valence-corrected chi connectivity index (χ2v) is 4.23. The van der Waals surface area contributed by atoms with E-state index in [2.05, 4.69) is 0 Å². The number of hydrogen-bond donors (Lipinski definition) is 0. The summed E-state index contributed by atoms with van der Waals surface area (Å²) in [5.74, 6) is 0. The molecule has 19 heavy (non-hydrogen) atoms. The minimum Gasteiger partial charge on any atom is -0.431 e. The Morgan fingerprint density at radius 2 is 1.26 bits per heavy atom. The van der Waals surface area contributed by atoms with Crippen molar-refractivity contribution in [2.45, 2.75) is 0 Å². The van der Waals surface area contributed by atoms with Gasteiger partial charge in [0.25, 0.3) is 0 Å². The minimum atomic E-state index is -0.312. The van der Waals surface area contributed by atoms with Gasteiger partial charge in [-0.05, 0) is 22.8 Å². The van der Waals surface area contributed by atoms with Gasteiger partial charge < -0.3 is 4.42 Å². The highest BCUT2D eigenvalue weighted by Gasteiger charge is 2.11. The predicted octanol–water partition coefficient (Wildman–Crippen LogP) is 3.97. The van der Waals surface area contributed by atoms with Crippen LogP contribution in [-0.4, -0.2) is 0 Å². The third kappa shape index (κ3) is 2.20. The third-order valence-electron chi connectivity index (χ3n) is 3.03. The first-order valence-corrected chi connectivity index (χ1v) is 6.09. The van der Waals surface area contributed by atoms with E-state index in [0.29, 0.717) is 5.56 Å². The average molecular weight is 248 g/mol. The SMILES string of the molecule is O=c1occc(-c2ccccc2)c1-c1ccccc1. The molecule has 0 saturated carbocycles. The van der Waals surface area contributed by atoms with Crippen molar-refractivity contribution in [3.63, 3.8) is 0 Å². The highest BCUT2D eigenvalue weighted by Crippen LogP contribution is 2.28. The molecule has 0 aliphatic rings. The Morgan fingerprint density at radius 1 is 0.684 bits per heavy atom. The van der Waals surface area contributed by atoms with Crippen molar-refractivity contribution >= 4 is 0 Å². The number of hydrogen-bond acceptors (Lipinski definition) is 2. The summed E-state index contributed by atoms with van der Waals surface area (Å²) in [7, 11) is 0. The molecule has 92 valence electrons. The summed E-state index contributed by atoms with van der Waals surface area (Å²) < 4.78 is 5.02. The van der Waals surface area contributed by atoms with E-state index in [1.807, 2.05) is 66.7 Å².